The molecule has 0 spiro atoms. The van der Waals surface area contributed by atoms with Crippen LogP contribution < -0.4 is 5.32 Å². The number of nitrogens with one attached hydrogen (secondary N) is 1. The minimum Gasteiger partial charge on any atom is -0.347 e. The highest BCUT2D eigenvalue weighted by Gasteiger charge is 2.07. The van der Waals surface area contributed by atoms with Crippen LogP contribution >= 0.6 is 11.6 Å². The first-order chi connectivity index (χ1) is 10.6. The van der Waals surface area contributed by atoms with Crippen LogP contribution in [0.4, 0.5) is 10.1 Å². The molecule has 0 radical (unpaired) electrons. The van der Waals surface area contributed by atoms with Gasteiger partial charge < -0.3 is 9.88 Å². The standard InChI is InChI=1S/C17H14ClFN2O/c18-14-11-13(5-6-15(14)19)20-17(22)8-10-21-9-7-12-3-1-2-4-16(12)21/h1-7,9,11H,8,10H2,(H,20,22). The lowest BCUT2D eigenvalue weighted by molar-refractivity contribution is -0.116. The lowest BCUT2D eigenvalue weighted by Gasteiger charge is -2.08. The van der Waals surface area contributed by atoms with Gasteiger partial charge in [0.05, 0.1) is 5.02 Å². The lowest BCUT2D eigenvalue weighted by atomic mass is 10.2. The summed E-state index contributed by atoms with van der Waals surface area (Å²) in [4.78, 5) is 12.0. The van der Waals surface area contributed by atoms with Gasteiger partial charge in [-0.15, -0.1) is 0 Å². The zero-order valence-corrected chi connectivity index (χ0v) is 12.5. The first-order valence-electron chi connectivity index (χ1n) is 6.92. The maximum atomic E-state index is 13.1. The van der Waals surface area contributed by atoms with Crippen molar-refractivity contribution < 1.29 is 9.18 Å². The first-order valence-corrected chi connectivity index (χ1v) is 7.30. The average molecular weight is 317 g/mol. The zero-order valence-electron chi connectivity index (χ0n) is 11.7. The molecule has 0 aliphatic carbocycles. The number of aromatic nitrogens is 1. The topological polar surface area (TPSA) is 34.0 Å². The Morgan fingerprint density at radius 1 is 1.18 bits per heavy atom. The van der Waals surface area contributed by atoms with Crippen molar-refractivity contribution in [3.63, 3.8) is 0 Å². The van der Waals surface area contributed by atoms with Gasteiger partial charge in [0.15, 0.2) is 0 Å². The number of halogens is 2. The normalized spacial score (nSPS) is 10.8. The molecule has 1 N–H and O–H groups in total. The molecule has 22 heavy (non-hydrogen) atoms. The molecule has 0 unspecified atom stereocenters. The Bertz CT molecular complexity index is 828. The van der Waals surface area contributed by atoms with E-state index in [4.69, 9.17) is 11.6 Å². The van der Waals surface area contributed by atoms with E-state index in [1.54, 1.807) is 0 Å². The van der Waals surface area contributed by atoms with Crippen LogP contribution in [0.3, 0.4) is 0 Å². The molecule has 1 amide bonds. The number of anilines is 1. The van der Waals surface area contributed by atoms with Gasteiger partial charge in [0.25, 0.3) is 0 Å². The summed E-state index contributed by atoms with van der Waals surface area (Å²) in [5.41, 5.74) is 1.59. The largest absolute Gasteiger partial charge is 0.347 e. The second-order valence-electron chi connectivity index (χ2n) is 5.00. The SMILES string of the molecule is O=C(CCn1ccc2ccccc21)Nc1ccc(F)c(Cl)c1. The van der Waals surface area contributed by atoms with Gasteiger partial charge in [-0.3, -0.25) is 4.79 Å². The highest BCUT2D eigenvalue weighted by atomic mass is 35.5. The smallest absolute Gasteiger partial charge is 0.226 e. The number of hydrogen-bond acceptors (Lipinski definition) is 1. The fraction of sp³-hybridized carbons (Fsp3) is 0.118. The number of carbonyl (C=O) groups excluding carboxylic acids is 1. The number of fused-ring (bicyclic) bond motifs is 1. The van der Waals surface area contributed by atoms with Crippen molar-refractivity contribution in [3.05, 3.63) is 65.6 Å². The number of aryl methyl sites for hydroxylation is 1. The minimum absolute atomic E-state index is 0.00537. The van der Waals surface area contributed by atoms with Crippen LogP contribution in [-0.4, -0.2) is 10.5 Å². The van der Waals surface area contributed by atoms with Crippen LogP contribution in [0.1, 0.15) is 6.42 Å². The van der Waals surface area contributed by atoms with E-state index in [1.807, 2.05) is 41.1 Å². The van der Waals surface area contributed by atoms with Crippen molar-refractivity contribution in [2.75, 3.05) is 5.32 Å². The first kappa shape index (κ1) is 14.6. The van der Waals surface area contributed by atoms with Gasteiger partial charge in [0.1, 0.15) is 5.82 Å². The average Bonchev–Trinajstić information content (AvgIpc) is 2.92. The Kier molecular flexibility index (Phi) is 4.11. The lowest BCUT2D eigenvalue weighted by Crippen LogP contribution is -2.14. The fourth-order valence-corrected chi connectivity index (χ4v) is 2.54. The van der Waals surface area contributed by atoms with E-state index in [0.717, 1.165) is 10.9 Å². The van der Waals surface area contributed by atoms with Crippen molar-refractivity contribution >= 4 is 34.1 Å². The Balaban J connectivity index is 1.63. The van der Waals surface area contributed by atoms with E-state index in [9.17, 15) is 9.18 Å². The third-order valence-electron chi connectivity index (χ3n) is 3.46. The highest BCUT2D eigenvalue weighted by Crippen LogP contribution is 2.20. The van der Waals surface area contributed by atoms with Gasteiger partial charge in [-0.1, -0.05) is 29.8 Å². The number of para-hydroxylation sites is 1. The molecule has 1 heterocycles. The molecule has 0 aliphatic heterocycles. The summed E-state index contributed by atoms with van der Waals surface area (Å²) in [6.45, 7) is 0.578. The molecule has 5 heteroatoms. The molecule has 2 aromatic carbocycles. The van der Waals surface area contributed by atoms with Crippen LogP contribution in [0.25, 0.3) is 10.9 Å². The van der Waals surface area contributed by atoms with E-state index in [0.29, 0.717) is 18.7 Å². The Hall–Kier alpha value is -2.33. The molecule has 3 rings (SSSR count). The molecule has 0 fully saturated rings. The predicted octanol–water partition coefficient (Wildman–Crippen LogP) is 4.46. The van der Waals surface area contributed by atoms with Gasteiger partial charge in [-0.25, -0.2) is 4.39 Å². The van der Waals surface area contributed by atoms with Crippen LogP contribution in [0.5, 0.6) is 0 Å². The van der Waals surface area contributed by atoms with Crippen molar-refractivity contribution in [3.8, 4) is 0 Å². The quantitative estimate of drug-likeness (QED) is 0.757. The van der Waals surface area contributed by atoms with E-state index >= 15 is 0 Å². The number of amides is 1. The number of benzene rings is 2. The van der Waals surface area contributed by atoms with E-state index in [-0.39, 0.29) is 10.9 Å². The number of carbonyl (C=O) groups is 1. The van der Waals surface area contributed by atoms with E-state index < -0.39 is 5.82 Å². The molecule has 112 valence electrons. The van der Waals surface area contributed by atoms with Gasteiger partial charge in [-0.2, -0.15) is 0 Å². The number of rotatable bonds is 4. The maximum absolute atomic E-state index is 13.1. The summed E-state index contributed by atoms with van der Waals surface area (Å²) in [6, 6.07) is 14.2. The predicted molar refractivity (Wildman–Crippen MR) is 86.6 cm³/mol. The summed E-state index contributed by atoms with van der Waals surface area (Å²) in [5, 5.41) is 3.86. The van der Waals surface area contributed by atoms with E-state index in [2.05, 4.69) is 5.32 Å². The van der Waals surface area contributed by atoms with Gasteiger partial charge >= 0.3 is 0 Å². The summed E-state index contributed by atoms with van der Waals surface area (Å²) in [7, 11) is 0. The van der Waals surface area contributed by atoms with Crippen LogP contribution in [0, 0.1) is 5.82 Å². The summed E-state index contributed by atoms with van der Waals surface area (Å²) < 4.78 is 15.1. The van der Waals surface area contributed by atoms with Crippen LogP contribution in [0.2, 0.25) is 5.02 Å². The molecule has 0 saturated heterocycles. The molecule has 3 nitrogen and oxygen atoms in total. The number of hydrogen-bond donors (Lipinski definition) is 1. The van der Waals surface area contributed by atoms with Crippen molar-refractivity contribution in [1.29, 1.82) is 0 Å². The minimum atomic E-state index is -0.501. The van der Waals surface area contributed by atoms with Crippen LogP contribution in [0.15, 0.2) is 54.7 Å². The maximum Gasteiger partial charge on any atom is 0.226 e. The monoisotopic (exact) mass is 316 g/mol. The molecular formula is C17H14ClFN2O. The highest BCUT2D eigenvalue weighted by molar-refractivity contribution is 6.31. The summed E-state index contributed by atoms with van der Waals surface area (Å²) in [6.07, 6.45) is 2.29. The van der Waals surface area contributed by atoms with Crippen molar-refractivity contribution in [2.24, 2.45) is 0 Å². The Morgan fingerprint density at radius 3 is 2.82 bits per heavy atom. The molecular weight excluding hydrogens is 303 g/mol. The van der Waals surface area contributed by atoms with E-state index in [1.165, 1.54) is 18.2 Å². The second-order valence-corrected chi connectivity index (χ2v) is 5.40. The van der Waals surface area contributed by atoms with Gasteiger partial charge in [-0.05, 0) is 35.7 Å². The third-order valence-corrected chi connectivity index (χ3v) is 3.75. The molecule has 0 saturated carbocycles. The van der Waals surface area contributed by atoms with Crippen molar-refractivity contribution in [1.82, 2.24) is 4.57 Å². The zero-order chi connectivity index (χ0) is 15.5. The molecule has 0 atom stereocenters. The van der Waals surface area contributed by atoms with Crippen LogP contribution in [-0.2, 0) is 11.3 Å². The summed E-state index contributed by atoms with van der Waals surface area (Å²) in [5.74, 6) is -0.640. The number of nitrogens with zero attached hydrogens (tertiary/aromatic N) is 1. The van der Waals surface area contributed by atoms with Gasteiger partial charge in [0, 0.05) is 30.4 Å². The summed E-state index contributed by atoms with van der Waals surface area (Å²) >= 11 is 5.69. The fourth-order valence-electron chi connectivity index (χ4n) is 2.35. The van der Waals surface area contributed by atoms with Gasteiger partial charge in [0.2, 0.25) is 5.91 Å². The third kappa shape index (κ3) is 3.12. The van der Waals surface area contributed by atoms with Crippen molar-refractivity contribution in [2.45, 2.75) is 13.0 Å². The molecule has 0 bridgehead atoms. The Labute approximate surface area is 132 Å². The second kappa shape index (κ2) is 6.20. The Morgan fingerprint density at radius 2 is 2.00 bits per heavy atom. The molecule has 1 aromatic heterocycles. The molecule has 3 aromatic rings. The molecule has 0 aliphatic rings.